The van der Waals surface area contributed by atoms with Gasteiger partial charge in [0.2, 0.25) is 5.89 Å². The smallest absolute Gasteiger partial charge is 0.270 e. The molecule has 0 atom stereocenters. The van der Waals surface area contributed by atoms with E-state index in [0.717, 1.165) is 5.56 Å². The fourth-order valence-electron chi connectivity index (χ4n) is 2.11. The Morgan fingerprint density at radius 3 is 2.84 bits per heavy atom. The van der Waals surface area contributed by atoms with Gasteiger partial charge in [0.1, 0.15) is 10.7 Å². The zero-order valence-electron chi connectivity index (χ0n) is 13.8. The maximum atomic E-state index is 12.2. The van der Waals surface area contributed by atoms with Crippen molar-refractivity contribution in [1.82, 2.24) is 20.4 Å². The molecule has 1 amide bonds. The van der Waals surface area contributed by atoms with Crippen LogP contribution in [-0.2, 0) is 6.42 Å². The van der Waals surface area contributed by atoms with Crippen LogP contribution in [0.3, 0.4) is 0 Å². The largest absolute Gasteiger partial charge is 0.350 e. The number of halogens is 1. The summed E-state index contributed by atoms with van der Waals surface area (Å²) in [4.78, 5) is 20.9. The number of benzene rings is 1. The summed E-state index contributed by atoms with van der Waals surface area (Å²) in [7, 11) is 0. The highest BCUT2D eigenvalue weighted by Crippen LogP contribution is 2.29. The third-order valence-electron chi connectivity index (χ3n) is 3.47. The van der Waals surface area contributed by atoms with E-state index in [2.05, 4.69) is 20.4 Å². The van der Waals surface area contributed by atoms with E-state index in [-0.39, 0.29) is 11.8 Å². The molecule has 6 nitrogen and oxygen atoms in total. The molecule has 2 aromatic heterocycles. The standard InChI is InChI=1S/C17H17ClN4O2S/c1-10(2)15-21-14(24-22-15)7-8-19-16(23)13-9-25-17(20-13)11-5-3-4-6-12(11)18/h3-6,9-10H,7-8H2,1-2H3,(H,19,23). The maximum Gasteiger partial charge on any atom is 0.270 e. The summed E-state index contributed by atoms with van der Waals surface area (Å²) in [5.74, 6) is 1.16. The summed E-state index contributed by atoms with van der Waals surface area (Å²) >= 11 is 7.55. The van der Waals surface area contributed by atoms with Crippen LogP contribution < -0.4 is 5.32 Å². The van der Waals surface area contributed by atoms with E-state index in [9.17, 15) is 4.79 Å². The van der Waals surface area contributed by atoms with E-state index in [0.29, 0.717) is 40.4 Å². The van der Waals surface area contributed by atoms with E-state index in [4.69, 9.17) is 16.1 Å². The van der Waals surface area contributed by atoms with Gasteiger partial charge in [-0.25, -0.2) is 4.98 Å². The Labute approximate surface area is 154 Å². The van der Waals surface area contributed by atoms with Gasteiger partial charge >= 0.3 is 0 Å². The van der Waals surface area contributed by atoms with Gasteiger partial charge in [0.05, 0.1) is 5.02 Å². The maximum absolute atomic E-state index is 12.2. The Hall–Kier alpha value is -2.25. The number of hydrogen-bond acceptors (Lipinski definition) is 6. The average Bonchev–Trinajstić information content (AvgIpc) is 3.24. The predicted molar refractivity (Wildman–Crippen MR) is 97.0 cm³/mol. The topological polar surface area (TPSA) is 80.9 Å². The van der Waals surface area contributed by atoms with Crippen LogP contribution in [0.2, 0.25) is 5.02 Å². The van der Waals surface area contributed by atoms with Crippen LogP contribution in [0.4, 0.5) is 0 Å². The lowest BCUT2D eigenvalue weighted by atomic mass is 10.2. The minimum absolute atomic E-state index is 0.213. The van der Waals surface area contributed by atoms with Crippen LogP contribution in [-0.4, -0.2) is 27.6 Å². The summed E-state index contributed by atoms with van der Waals surface area (Å²) in [6.07, 6.45) is 0.479. The highest BCUT2D eigenvalue weighted by molar-refractivity contribution is 7.13. The molecule has 0 saturated carbocycles. The van der Waals surface area contributed by atoms with Crippen LogP contribution in [0.1, 0.15) is 42.0 Å². The minimum atomic E-state index is -0.238. The average molecular weight is 377 g/mol. The molecule has 130 valence electrons. The molecule has 0 spiro atoms. The third kappa shape index (κ3) is 4.24. The van der Waals surface area contributed by atoms with Gasteiger partial charge in [0.25, 0.3) is 5.91 Å². The molecule has 1 aromatic carbocycles. The first-order valence-electron chi connectivity index (χ1n) is 7.85. The first-order valence-corrected chi connectivity index (χ1v) is 9.11. The molecule has 0 aliphatic carbocycles. The van der Waals surface area contributed by atoms with Crippen molar-refractivity contribution >= 4 is 28.8 Å². The van der Waals surface area contributed by atoms with Gasteiger partial charge in [-0.1, -0.05) is 48.8 Å². The highest BCUT2D eigenvalue weighted by Gasteiger charge is 2.14. The molecule has 0 unspecified atom stereocenters. The molecular weight excluding hydrogens is 360 g/mol. The number of thiazole rings is 1. The number of aromatic nitrogens is 3. The zero-order chi connectivity index (χ0) is 17.8. The Kier molecular flexibility index (Phi) is 5.45. The van der Waals surface area contributed by atoms with Crippen LogP contribution in [0.25, 0.3) is 10.6 Å². The minimum Gasteiger partial charge on any atom is -0.350 e. The lowest BCUT2D eigenvalue weighted by Gasteiger charge is -2.01. The van der Waals surface area contributed by atoms with Crippen molar-refractivity contribution in [1.29, 1.82) is 0 Å². The summed E-state index contributed by atoms with van der Waals surface area (Å²) in [6, 6.07) is 7.42. The summed E-state index contributed by atoms with van der Waals surface area (Å²) in [5, 5.41) is 9.75. The molecule has 25 heavy (non-hydrogen) atoms. The number of carbonyl (C=O) groups is 1. The van der Waals surface area contributed by atoms with Gasteiger partial charge in [-0.3, -0.25) is 4.79 Å². The van der Waals surface area contributed by atoms with Gasteiger partial charge in [-0.2, -0.15) is 4.98 Å². The first kappa shape index (κ1) is 17.6. The molecule has 1 N–H and O–H groups in total. The molecule has 0 aliphatic heterocycles. The molecular formula is C17H17ClN4O2S. The van der Waals surface area contributed by atoms with Gasteiger partial charge in [-0.15, -0.1) is 11.3 Å². The molecule has 8 heteroatoms. The third-order valence-corrected chi connectivity index (χ3v) is 4.67. The van der Waals surface area contributed by atoms with Crippen LogP contribution in [0.5, 0.6) is 0 Å². The van der Waals surface area contributed by atoms with Gasteiger partial charge in [0.15, 0.2) is 5.82 Å². The number of nitrogens with one attached hydrogen (secondary N) is 1. The summed E-state index contributed by atoms with van der Waals surface area (Å²) in [6.45, 7) is 4.39. The quantitative estimate of drug-likeness (QED) is 0.704. The van der Waals surface area contributed by atoms with Gasteiger partial charge < -0.3 is 9.84 Å². The van der Waals surface area contributed by atoms with Crippen molar-refractivity contribution in [3.63, 3.8) is 0 Å². The van der Waals surface area contributed by atoms with Crippen molar-refractivity contribution in [2.24, 2.45) is 0 Å². The molecule has 0 bridgehead atoms. The lowest BCUT2D eigenvalue weighted by molar-refractivity contribution is 0.0949. The Balaban J connectivity index is 1.58. The normalized spacial score (nSPS) is 11.0. The lowest BCUT2D eigenvalue weighted by Crippen LogP contribution is -2.26. The number of hydrogen-bond donors (Lipinski definition) is 1. The van der Waals surface area contributed by atoms with Crippen molar-refractivity contribution in [3.8, 4) is 10.6 Å². The van der Waals surface area contributed by atoms with Crippen molar-refractivity contribution < 1.29 is 9.32 Å². The summed E-state index contributed by atoms with van der Waals surface area (Å²) < 4.78 is 5.15. The molecule has 2 heterocycles. The summed E-state index contributed by atoms with van der Waals surface area (Å²) in [5.41, 5.74) is 1.19. The fraction of sp³-hybridized carbons (Fsp3) is 0.294. The number of amides is 1. The van der Waals surface area contributed by atoms with E-state index in [1.165, 1.54) is 11.3 Å². The Morgan fingerprint density at radius 2 is 2.12 bits per heavy atom. The first-order chi connectivity index (χ1) is 12.0. The molecule has 0 fully saturated rings. The SMILES string of the molecule is CC(C)c1noc(CCNC(=O)c2csc(-c3ccccc3Cl)n2)n1. The van der Waals surface area contributed by atoms with Crippen LogP contribution in [0.15, 0.2) is 34.2 Å². The number of nitrogens with zero attached hydrogens (tertiary/aromatic N) is 3. The second kappa shape index (κ2) is 7.76. The Bertz CT molecular complexity index is 875. The van der Waals surface area contributed by atoms with Crippen LogP contribution in [0, 0.1) is 0 Å². The second-order valence-corrected chi connectivity index (χ2v) is 6.99. The van der Waals surface area contributed by atoms with Crippen LogP contribution >= 0.6 is 22.9 Å². The Morgan fingerprint density at radius 1 is 1.32 bits per heavy atom. The van der Waals surface area contributed by atoms with E-state index >= 15 is 0 Å². The van der Waals surface area contributed by atoms with Crippen molar-refractivity contribution in [3.05, 3.63) is 52.1 Å². The molecule has 3 aromatic rings. The number of rotatable bonds is 6. The highest BCUT2D eigenvalue weighted by atomic mass is 35.5. The van der Waals surface area contributed by atoms with Gasteiger partial charge in [0, 0.05) is 29.8 Å². The molecule has 0 radical (unpaired) electrons. The van der Waals surface area contributed by atoms with E-state index in [1.54, 1.807) is 11.4 Å². The van der Waals surface area contributed by atoms with E-state index < -0.39 is 0 Å². The second-order valence-electron chi connectivity index (χ2n) is 5.72. The van der Waals surface area contributed by atoms with Crippen molar-refractivity contribution in [2.45, 2.75) is 26.2 Å². The predicted octanol–water partition coefficient (Wildman–Crippen LogP) is 3.94. The van der Waals surface area contributed by atoms with Crippen molar-refractivity contribution in [2.75, 3.05) is 6.54 Å². The molecule has 0 aliphatic rings. The monoisotopic (exact) mass is 376 g/mol. The van der Waals surface area contributed by atoms with E-state index in [1.807, 2.05) is 32.0 Å². The number of carbonyl (C=O) groups excluding carboxylic acids is 1. The fourth-order valence-corrected chi connectivity index (χ4v) is 3.23. The molecule has 0 saturated heterocycles. The zero-order valence-corrected chi connectivity index (χ0v) is 15.4. The van der Waals surface area contributed by atoms with Gasteiger partial charge in [-0.05, 0) is 6.07 Å². The molecule has 3 rings (SSSR count).